The first kappa shape index (κ1) is 25.4. The summed E-state index contributed by atoms with van der Waals surface area (Å²) in [4.78, 5) is 38.4. The number of hydrogen-bond acceptors (Lipinski definition) is 4. The highest BCUT2D eigenvalue weighted by Gasteiger charge is 2.17. The van der Waals surface area contributed by atoms with Gasteiger partial charge >= 0.3 is 0 Å². The van der Waals surface area contributed by atoms with Crippen molar-refractivity contribution in [2.75, 3.05) is 16.0 Å². The second-order valence-corrected chi connectivity index (χ2v) is 9.74. The number of rotatable bonds is 6. The maximum absolute atomic E-state index is 13.1. The van der Waals surface area contributed by atoms with Crippen LogP contribution in [0.3, 0.4) is 0 Å². The summed E-state index contributed by atoms with van der Waals surface area (Å²) in [5.74, 6) is -0.897. The Morgan fingerprint density at radius 2 is 1.22 bits per heavy atom. The second kappa shape index (κ2) is 10.5. The van der Waals surface area contributed by atoms with Gasteiger partial charge in [0.1, 0.15) is 0 Å². The van der Waals surface area contributed by atoms with Crippen molar-refractivity contribution in [2.24, 2.45) is 0 Å². The Morgan fingerprint density at radius 3 is 1.78 bits per heavy atom. The molecule has 3 N–H and O–H groups in total. The van der Waals surface area contributed by atoms with Crippen molar-refractivity contribution < 1.29 is 18.8 Å². The van der Waals surface area contributed by atoms with E-state index in [4.69, 9.17) is 4.42 Å². The van der Waals surface area contributed by atoms with E-state index >= 15 is 0 Å². The summed E-state index contributed by atoms with van der Waals surface area (Å²) in [6.45, 7) is 8.18. The fourth-order valence-corrected chi connectivity index (χ4v) is 3.70. The summed E-state index contributed by atoms with van der Waals surface area (Å²) >= 11 is 0. The number of aryl methyl sites for hydroxylation is 1. The monoisotopic (exact) mass is 495 g/mol. The molecule has 0 saturated heterocycles. The molecule has 0 saturated carbocycles. The smallest absolute Gasteiger partial charge is 0.291 e. The van der Waals surface area contributed by atoms with Crippen LogP contribution in [0, 0.1) is 6.92 Å². The molecule has 1 aromatic heterocycles. The standard InChI is InChI=1S/C30H29N3O4/c1-19-11-12-21(18-25(19)33-29(36)26-10-7-17-37-26)28(35)32-24-9-6-5-8-23(24)31-27(34)20-13-15-22(16-14-20)30(2,3)4/h5-18H,1-4H3,(H,31,34)(H,32,35)(H,33,36). The Hall–Kier alpha value is -4.65. The molecule has 0 atom stereocenters. The minimum Gasteiger partial charge on any atom is -0.459 e. The number of furan rings is 1. The van der Waals surface area contributed by atoms with Gasteiger partial charge in [-0.15, -0.1) is 0 Å². The number of benzene rings is 3. The summed E-state index contributed by atoms with van der Waals surface area (Å²) in [7, 11) is 0. The van der Waals surface area contributed by atoms with E-state index in [9.17, 15) is 14.4 Å². The van der Waals surface area contributed by atoms with E-state index in [0.29, 0.717) is 28.2 Å². The molecule has 37 heavy (non-hydrogen) atoms. The number of anilines is 3. The molecule has 0 aliphatic rings. The van der Waals surface area contributed by atoms with E-state index in [0.717, 1.165) is 11.1 Å². The Labute approximate surface area is 215 Å². The van der Waals surface area contributed by atoms with Crippen LogP contribution in [-0.2, 0) is 5.41 Å². The quantitative estimate of drug-likeness (QED) is 0.279. The van der Waals surface area contributed by atoms with Gasteiger partial charge in [0, 0.05) is 16.8 Å². The van der Waals surface area contributed by atoms with Crippen LogP contribution in [0.15, 0.2) is 89.5 Å². The van der Waals surface area contributed by atoms with Crippen molar-refractivity contribution in [1.29, 1.82) is 0 Å². The van der Waals surface area contributed by atoms with Crippen molar-refractivity contribution >= 4 is 34.8 Å². The largest absolute Gasteiger partial charge is 0.459 e. The Kier molecular flexibility index (Phi) is 7.25. The lowest BCUT2D eigenvalue weighted by molar-refractivity contribution is 0.0992. The average Bonchev–Trinajstić information content (AvgIpc) is 3.41. The fourth-order valence-electron chi connectivity index (χ4n) is 3.70. The number of carbonyl (C=O) groups excluding carboxylic acids is 3. The summed E-state index contributed by atoms with van der Waals surface area (Å²) in [6, 6.07) is 22.7. The lowest BCUT2D eigenvalue weighted by Gasteiger charge is -2.19. The molecule has 4 aromatic rings. The third-order valence-electron chi connectivity index (χ3n) is 5.93. The Bertz CT molecular complexity index is 1430. The first-order valence-electron chi connectivity index (χ1n) is 11.9. The number of para-hydroxylation sites is 2. The molecule has 0 fully saturated rings. The minimum atomic E-state index is -0.408. The molecule has 1 heterocycles. The lowest BCUT2D eigenvalue weighted by atomic mass is 9.87. The minimum absolute atomic E-state index is 0.0106. The van der Waals surface area contributed by atoms with Crippen LogP contribution in [0.4, 0.5) is 17.1 Å². The summed E-state index contributed by atoms with van der Waals surface area (Å²) < 4.78 is 5.14. The van der Waals surface area contributed by atoms with E-state index in [1.807, 2.05) is 19.1 Å². The van der Waals surface area contributed by atoms with Crippen molar-refractivity contribution in [1.82, 2.24) is 0 Å². The predicted octanol–water partition coefficient (Wildman–Crippen LogP) is 6.64. The van der Waals surface area contributed by atoms with E-state index < -0.39 is 5.91 Å². The van der Waals surface area contributed by atoms with Crippen molar-refractivity contribution in [3.8, 4) is 0 Å². The molecule has 0 bridgehead atoms. The van der Waals surface area contributed by atoms with Gasteiger partial charge in [0.05, 0.1) is 17.6 Å². The van der Waals surface area contributed by atoms with Gasteiger partial charge in [0.25, 0.3) is 17.7 Å². The molecular formula is C30H29N3O4. The zero-order chi connectivity index (χ0) is 26.6. The van der Waals surface area contributed by atoms with Gasteiger partial charge < -0.3 is 20.4 Å². The van der Waals surface area contributed by atoms with Gasteiger partial charge in [-0.1, -0.05) is 51.1 Å². The number of nitrogens with one attached hydrogen (secondary N) is 3. The van der Waals surface area contributed by atoms with Gasteiger partial charge in [-0.25, -0.2) is 0 Å². The van der Waals surface area contributed by atoms with Crippen molar-refractivity contribution in [3.63, 3.8) is 0 Å². The maximum atomic E-state index is 13.1. The first-order chi connectivity index (χ1) is 17.6. The molecule has 0 aliphatic heterocycles. The Balaban J connectivity index is 1.49. The van der Waals surface area contributed by atoms with Gasteiger partial charge in [0.2, 0.25) is 0 Å². The number of amides is 3. The molecule has 0 aliphatic carbocycles. The predicted molar refractivity (Wildman–Crippen MR) is 145 cm³/mol. The molecule has 7 nitrogen and oxygen atoms in total. The fraction of sp³-hybridized carbons (Fsp3) is 0.167. The zero-order valence-electron chi connectivity index (χ0n) is 21.2. The van der Waals surface area contributed by atoms with Gasteiger partial charge in [-0.3, -0.25) is 14.4 Å². The number of carbonyl (C=O) groups is 3. The summed E-state index contributed by atoms with van der Waals surface area (Å²) in [5, 5.41) is 8.51. The van der Waals surface area contributed by atoms with E-state index in [1.165, 1.54) is 6.26 Å². The van der Waals surface area contributed by atoms with Crippen LogP contribution in [0.5, 0.6) is 0 Å². The lowest BCUT2D eigenvalue weighted by Crippen LogP contribution is -2.18. The topological polar surface area (TPSA) is 100 Å². The molecular weight excluding hydrogens is 466 g/mol. The van der Waals surface area contributed by atoms with E-state index in [1.54, 1.807) is 66.7 Å². The van der Waals surface area contributed by atoms with E-state index in [2.05, 4.69) is 36.7 Å². The molecule has 0 radical (unpaired) electrons. The molecule has 0 spiro atoms. The summed E-state index contributed by atoms with van der Waals surface area (Å²) in [5.41, 5.74) is 4.20. The van der Waals surface area contributed by atoms with Gasteiger partial charge in [0.15, 0.2) is 5.76 Å². The molecule has 0 unspecified atom stereocenters. The van der Waals surface area contributed by atoms with Gasteiger partial charge in [-0.05, 0) is 72.0 Å². The second-order valence-electron chi connectivity index (χ2n) is 9.74. The third kappa shape index (κ3) is 6.13. The molecule has 4 rings (SSSR count). The average molecular weight is 496 g/mol. The van der Waals surface area contributed by atoms with Crippen LogP contribution < -0.4 is 16.0 Å². The zero-order valence-corrected chi connectivity index (χ0v) is 21.2. The van der Waals surface area contributed by atoms with Crippen molar-refractivity contribution in [3.05, 3.63) is 113 Å². The van der Waals surface area contributed by atoms with Crippen LogP contribution in [0.1, 0.15) is 63.2 Å². The molecule has 7 heteroatoms. The normalized spacial score (nSPS) is 11.0. The highest BCUT2D eigenvalue weighted by molar-refractivity contribution is 6.10. The highest BCUT2D eigenvalue weighted by atomic mass is 16.3. The third-order valence-corrected chi connectivity index (χ3v) is 5.93. The SMILES string of the molecule is Cc1ccc(C(=O)Nc2ccccc2NC(=O)c2ccc(C(C)(C)C)cc2)cc1NC(=O)c1ccco1. The van der Waals surface area contributed by atoms with Crippen LogP contribution in [0.2, 0.25) is 0 Å². The first-order valence-corrected chi connectivity index (χ1v) is 11.9. The molecule has 3 aromatic carbocycles. The van der Waals surface area contributed by atoms with E-state index in [-0.39, 0.29) is 23.0 Å². The molecule has 3 amide bonds. The highest BCUT2D eigenvalue weighted by Crippen LogP contribution is 2.26. The van der Waals surface area contributed by atoms with Crippen LogP contribution >= 0.6 is 0 Å². The summed E-state index contributed by atoms with van der Waals surface area (Å²) in [6.07, 6.45) is 1.42. The maximum Gasteiger partial charge on any atom is 0.291 e. The van der Waals surface area contributed by atoms with Crippen molar-refractivity contribution in [2.45, 2.75) is 33.1 Å². The van der Waals surface area contributed by atoms with Crippen LogP contribution in [0.25, 0.3) is 0 Å². The van der Waals surface area contributed by atoms with Crippen LogP contribution in [-0.4, -0.2) is 17.7 Å². The molecule has 188 valence electrons. The van der Waals surface area contributed by atoms with Gasteiger partial charge in [-0.2, -0.15) is 0 Å². The number of hydrogen-bond donors (Lipinski definition) is 3. The Morgan fingerprint density at radius 1 is 0.649 bits per heavy atom.